The Labute approximate surface area is 116 Å². The molecule has 0 fully saturated rings. The lowest BCUT2D eigenvalue weighted by Crippen LogP contribution is -2.47. The van der Waals surface area contributed by atoms with Crippen LogP contribution < -0.4 is 15.2 Å². The average molecular weight is 266 g/mol. The maximum absolute atomic E-state index is 5.79. The molecule has 108 valence electrons. The Hall–Kier alpha value is -1.26. The fraction of sp³-hybridized carbons (Fsp3) is 0.600. The normalized spacial score (nSPS) is 11.7. The molecule has 0 atom stereocenters. The Bertz CT molecular complexity index is 405. The molecule has 1 rings (SSSR count). The van der Waals surface area contributed by atoms with E-state index in [4.69, 9.17) is 15.2 Å². The van der Waals surface area contributed by atoms with Crippen LogP contribution in [-0.2, 0) is 6.42 Å². The molecule has 0 saturated carbocycles. The highest BCUT2D eigenvalue weighted by atomic mass is 16.5. The highest BCUT2D eigenvalue weighted by molar-refractivity contribution is 5.40. The summed E-state index contributed by atoms with van der Waals surface area (Å²) >= 11 is 0. The first-order valence-corrected chi connectivity index (χ1v) is 6.57. The van der Waals surface area contributed by atoms with Crippen LogP contribution in [0.5, 0.6) is 11.5 Å². The molecule has 4 heteroatoms. The van der Waals surface area contributed by atoms with Crippen molar-refractivity contribution in [3.8, 4) is 11.5 Å². The maximum atomic E-state index is 5.79. The van der Waals surface area contributed by atoms with Crippen molar-refractivity contribution in [1.82, 2.24) is 4.90 Å². The number of hydrogen-bond donors (Lipinski definition) is 1. The molecule has 0 spiro atoms. The fourth-order valence-electron chi connectivity index (χ4n) is 1.81. The van der Waals surface area contributed by atoms with Gasteiger partial charge in [0.15, 0.2) is 0 Å². The molecule has 0 aliphatic carbocycles. The number of benzene rings is 1. The minimum Gasteiger partial charge on any atom is -0.497 e. The second-order valence-electron chi connectivity index (χ2n) is 5.37. The summed E-state index contributed by atoms with van der Waals surface area (Å²) in [4.78, 5) is 2.27. The number of nitrogens with zero attached hydrogens (tertiary/aromatic N) is 1. The molecule has 0 amide bonds. The van der Waals surface area contributed by atoms with Crippen molar-refractivity contribution in [3.63, 3.8) is 0 Å². The third kappa shape index (κ3) is 4.11. The largest absolute Gasteiger partial charge is 0.497 e. The van der Waals surface area contributed by atoms with E-state index in [1.807, 2.05) is 12.1 Å². The lowest BCUT2D eigenvalue weighted by atomic mass is 10.0. The molecular formula is C15H26N2O2. The maximum Gasteiger partial charge on any atom is 0.125 e. The van der Waals surface area contributed by atoms with Gasteiger partial charge in [0.1, 0.15) is 11.5 Å². The van der Waals surface area contributed by atoms with Gasteiger partial charge in [0.25, 0.3) is 0 Å². The number of methoxy groups -OCH3 is 2. The molecule has 1 aromatic rings. The number of nitrogens with two attached hydrogens (primary N) is 1. The standard InChI is InChI=1S/C15H26N2O2/c1-15(2,11-16)17(3)9-8-12-6-7-13(18-4)10-14(12)19-5/h6-7,10H,8-9,11,16H2,1-5H3. The summed E-state index contributed by atoms with van der Waals surface area (Å²) in [5, 5.41) is 0. The minimum atomic E-state index is 0.0136. The monoisotopic (exact) mass is 266 g/mol. The van der Waals surface area contributed by atoms with E-state index >= 15 is 0 Å². The SMILES string of the molecule is COc1ccc(CCN(C)C(C)(C)CN)c(OC)c1. The van der Waals surface area contributed by atoms with Crippen LogP contribution in [0.25, 0.3) is 0 Å². The summed E-state index contributed by atoms with van der Waals surface area (Å²) in [6, 6.07) is 5.94. The molecule has 19 heavy (non-hydrogen) atoms. The summed E-state index contributed by atoms with van der Waals surface area (Å²) in [6.45, 7) is 5.88. The minimum absolute atomic E-state index is 0.0136. The first-order valence-electron chi connectivity index (χ1n) is 6.57. The predicted molar refractivity (Wildman–Crippen MR) is 79.0 cm³/mol. The number of ether oxygens (including phenoxy) is 2. The van der Waals surface area contributed by atoms with Crippen LogP contribution in [0, 0.1) is 0 Å². The van der Waals surface area contributed by atoms with Crippen molar-refractivity contribution >= 4 is 0 Å². The second kappa shape index (κ2) is 6.78. The van der Waals surface area contributed by atoms with E-state index in [1.165, 1.54) is 5.56 Å². The van der Waals surface area contributed by atoms with E-state index in [2.05, 4.69) is 31.9 Å². The summed E-state index contributed by atoms with van der Waals surface area (Å²) in [6.07, 6.45) is 0.924. The van der Waals surface area contributed by atoms with Crippen molar-refractivity contribution in [1.29, 1.82) is 0 Å². The number of hydrogen-bond acceptors (Lipinski definition) is 4. The zero-order chi connectivity index (χ0) is 14.5. The third-order valence-electron chi connectivity index (χ3n) is 3.74. The Morgan fingerprint density at radius 1 is 1.21 bits per heavy atom. The van der Waals surface area contributed by atoms with Gasteiger partial charge in [-0.2, -0.15) is 0 Å². The van der Waals surface area contributed by atoms with Crippen LogP contribution in [0.4, 0.5) is 0 Å². The smallest absolute Gasteiger partial charge is 0.125 e. The Kier molecular flexibility index (Phi) is 5.63. The van der Waals surface area contributed by atoms with Crippen LogP contribution in [0.3, 0.4) is 0 Å². The van der Waals surface area contributed by atoms with Gasteiger partial charge >= 0.3 is 0 Å². The molecular weight excluding hydrogens is 240 g/mol. The van der Waals surface area contributed by atoms with E-state index in [-0.39, 0.29) is 5.54 Å². The fourth-order valence-corrected chi connectivity index (χ4v) is 1.81. The van der Waals surface area contributed by atoms with Crippen LogP contribution in [-0.4, -0.2) is 44.8 Å². The number of rotatable bonds is 7. The summed E-state index contributed by atoms with van der Waals surface area (Å²) in [5.74, 6) is 1.69. The first-order chi connectivity index (χ1) is 8.94. The summed E-state index contributed by atoms with van der Waals surface area (Å²) in [5.41, 5.74) is 6.98. The molecule has 0 aromatic heterocycles. The van der Waals surface area contributed by atoms with Crippen LogP contribution in [0.1, 0.15) is 19.4 Å². The van der Waals surface area contributed by atoms with Gasteiger partial charge in [-0.05, 0) is 38.9 Å². The van der Waals surface area contributed by atoms with Crippen molar-refractivity contribution in [2.45, 2.75) is 25.8 Å². The van der Waals surface area contributed by atoms with Gasteiger partial charge in [-0.3, -0.25) is 4.90 Å². The highest BCUT2D eigenvalue weighted by Gasteiger charge is 2.21. The summed E-state index contributed by atoms with van der Waals surface area (Å²) < 4.78 is 10.6. The Balaban J connectivity index is 2.72. The zero-order valence-corrected chi connectivity index (χ0v) is 12.7. The van der Waals surface area contributed by atoms with Crippen molar-refractivity contribution in [2.75, 3.05) is 34.4 Å². The van der Waals surface area contributed by atoms with Gasteiger partial charge in [0.2, 0.25) is 0 Å². The van der Waals surface area contributed by atoms with Crippen LogP contribution in [0.2, 0.25) is 0 Å². The molecule has 0 unspecified atom stereocenters. The van der Waals surface area contributed by atoms with E-state index in [1.54, 1.807) is 14.2 Å². The Morgan fingerprint density at radius 3 is 2.42 bits per heavy atom. The van der Waals surface area contributed by atoms with Gasteiger partial charge in [-0.15, -0.1) is 0 Å². The molecule has 2 N–H and O–H groups in total. The number of likely N-dealkylation sites (N-methyl/N-ethyl adjacent to an activating group) is 1. The van der Waals surface area contributed by atoms with Crippen molar-refractivity contribution in [3.05, 3.63) is 23.8 Å². The summed E-state index contributed by atoms with van der Waals surface area (Å²) in [7, 11) is 5.45. The molecule has 0 heterocycles. The van der Waals surface area contributed by atoms with Crippen LogP contribution >= 0.6 is 0 Å². The average Bonchev–Trinajstić information content (AvgIpc) is 2.44. The quantitative estimate of drug-likeness (QED) is 0.819. The van der Waals surface area contributed by atoms with E-state index < -0.39 is 0 Å². The van der Waals surface area contributed by atoms with Gasteiger partial charge in [0.05, 0.1) is 14.2 Å². The van der Waals surface area contributed by atoms with Gasteiger partial charge in [-0.1, -0.05) is 6.07 Å². The molecule has 1 aromatic carbocycles. The van der Waals surface area contributed by atoms with Crippen molar-refractivity contribution < 1.29 is 9.47 Å². The van der Waals surface area contributed by atoms with Gasteiger partial charge in [0, 0.05) is 24.7 Å². The molecule has 0 aliphatic rings. The van der Waals surface area contributed by atoms with Crippen LogP contribution in [0.15, 0.2) is 18.2 Å². The lowest BCUT2D eigenvalue weighted by Gasteiger charge is -2.34. The van der Waals surface area contributed by atoms with Crippen molar-refractivity contribution in [2.24, 2.45) is 5.73 Å². The topological polar surface area (TPSA) is 47.7 Å². The third-order valence-corrected chi connectivity index (χ3v) is 3.74. The zero-order valence-electron chi connectivity index (χ0n) is 12.7. The Morgan fingerprint density at radius 2 is 1.89 bits per heavy atom. The molecule has 0 saturated heterocycles. The predicted octanol–water partition coefficient (Wildman–Crippen LogP) is 1.92. The first kappa shape index (κ1) is 15.8. The van der Waals surface area contributed by atoms with Gasteiger partial charge in [-0.25, -0.2) is 0 Å². The van der Waals surface area contributed by atoms with E-state index in [9.17, 15) is 0 Å². The highest BCUT2D eigenvalue weighted by Crippen LogP contribution is 2.25. The second-order valence-corrected chi connectivity index (χ2v) is 5.37. The van der Waals surface area contributed by atoms with E-state index in [0.29, 0.717) is 6.54 Å². The van der Waals surface area contributed by atoms with Gasteiger partial charge < -0.3 is 15.2 Å². The molecule has 0 aliphatic heterocycles. The molecule has 4 nitrogen and oxygen atoms in total. The lowest BCUT2D eigenvalue weighted by molar-refractivity contribution is 0.165. The van der Waals surface area contributed by atoms with E-state index in [0.717, 1.165) is 24.5 Å². The molecule has 0 bridgehead atoms. The molecule has 0 radical (unpaired) electrons.